The number of carbonyl (C=O) groups excluding carboxylic acids is 1. The normalized spacial score (nSPS) is 28.6. The molecule has 0 radical (unpaired) electrons. The molecule has 0 saturated heterocycles. The summed E-state index contributed by atoms with van der Waals surface area (Å²) in [5.41, 5.74) is 1.78. The van der Waals surface area contributed by atoms with Crippen LogP contribution in [-0.2, 0) is 11.3 Å². The summed E-state index contributed by atoms with van der Waals surface area (Å²) in [6.07, 6.45) is -1.81. The van der Waals surface area contributed by atoms with Crippen molar-refractivity contribution < 1.29 is 24.5 Å². The van der Waals surface area contributed by atoms with Gasteiger partial charge in [-0.2, -0.15) is 0 Å². The van der Waals surface area contributed by atoms with Gasteiger partial charge >= 0.3 is 0 Å². The van der Waals surface area contributed by atoms with Gasteiger partial charge < -0.3 is 30.3 Å². The fourth-order valence-electron chi connectivity index (χ4n) is 4.12. The van der Waals surface area contributed by atoms with Gasteiger partial charge in [-0.3, -0.25) is 9.79 Å². The van der Waals surface area contributed by atoms with E-state index in [1.807, 2.05) is 48.5 Å². The third-order valence-corrected chi connectivity index (χ3v) is 7.07. The average molecular weight is 442 g/mol. The number of fused-ring (bicyclic) bond motifs is 2. The van der Waals surface area contributed by atoms with E-state index in [1.54, 1.807) is 0 Å². The van der Waals surface area contributed by atoms with Gasteiger partial charge in [0.1, 0.15) is 6.10 Å². The first-order chi connectivity index (χ1) is 15.1. The molecule has 2 aromatic rings. The number of aliphatic hydroxyl groups is 2. The SMILES string of the molecule is O=C(NCc1ccccc1)[C@H]1C[C@@H](O)[C@H](O)[C@@H]2N=C(Nc3ccc4c(c3)OCO4)S[C@@H]21. The third kappa shape index (κ3) is 4.08. The Morgan fingerprint density at radius 1 is 1.13 bits per heavy atom. The highest BCUT2D eigenvalue weighted by molar-refractivity contribution is 8.15. The topological polar surface area (TPSA) is 112 Å². The van der Waals surface area contributed by atoms with Gasteiger partial charge in [0.05, 0.1) is 18.1 Å². The number of rotatable bonds is 4. The van der Waals surface area contributed by atoms with Gasteiger partial charge in [0, 0.05) is 23.5 Å². The monoisotopic (exact) mass is 441 g/mol. The minimum atomic E-state index is -1.01. The van der Waals surface area contributed by atoms with Crippen molar-refractivity contribution in [3.63, 3.8) is 0 Å². The van der Waals surface area contributed by atoms with Gasteiger partial charge in [-0.25, -0.2) is 0 Å². The van der Waals surface area contributed by atoms with E-state index in [2.05, 4.69) is 15.6 Å². The summed E-state index contributed by atoms with van der Waals surface area (Å²) in [6, 6.07) is 14.6. The first-order valence-electron chi connectivity index (χ1n) is 10.2. The second-order valence-corrected chi connectivity index (χ2v) is 8.97. The van der Waals surface area contributed by atoms with Gasteiger partial charge in [-0.1, -0.05) is 42.1 Å². The molecule has 2 aliphatic heterocycles. The maximum atomic E-state index is 12.9. The summed E-state index contributed by atoms with van der Waals surface area (Å²) >= 11 is 1.42. The van der Waals surface area contributed by atoms with Crippen LogP contribution in [0.2, 0.25) is 0 Å². The largest absolute Gasteiger partial charge is 0.454 e. The summed E-state index contributed by atoms with van der Waals surface area (Å²) in [5.74, 6) is 0.738. The zero-order valence-corrected chi connectivity index (χ0v) is 17.4. The summed E-state index contributed by atoms with van der Waals surface area (Å²) in [6.45, 7) is 0.614. The molecule has 3 aliphatic rings. The maximum absolute atomic E-state index is 12.9. The van der Waals surface area contributed by atoms with E-state index >= 15 is 0 Å². The lowest BCUT2D eigenvalue weighted by Crippen LogP contribution is -2.53. The van der Waals surface area contributed by atoms with E-state index in [0.717, 1.165) is 11.3 Å². The first kappa shape index (κ1) is 20.2. The Labute approximate surface area is 183 Å². The van der Waals surface area contributed by atoms with Gasteiger partial charge in [0.25, 0.3) is 0 Å². The van der Waals surface area contributed by atoms with Crippen molar-refractivity contribution in [3.05, 3.63) is 54.1 Å². The lowest BCUT2D eigenvalue weighted by molar-refractivity contribution is -0.129. The number of amides is 1. The van der Waals surface area contributed by atoms with Crippen LogP contribution < -0.4 is 20.1 Å². The van der Waals surface area contributed by atoms with Crippen LogP contribution in [0.25, 0.3) is 0 Å². The van der Waals surface area contributed by atoms with Crippen LogP contribution >= 0.6 is 11.8 Å². The van der Waals surface area contributed by atoms with E-state index in [-0.39, 0.29) is 24.4 Å². The van der Waals surface area contributed by atoms with Crippen molar-refractivity contribution in [3.8, 4) is 11.5 Å². The van der Waals surface area contributed by atoms with Crippen molar-refractivity contribution in [2.75, 3.05) is 12.1 Å². The second kappa shape index (κ2) is 8.41. The number of benzene rings is 2. The Morgan fingerprint density at radius 3 is 2.77 bits per heavy atom. The molecular formula is C22H23N3O5S. The molecule has 31 heavy (non-hydrogen) atoms. The number of aliphatic hydroxyl groups excluding tert-OH is 2. The molecule has 1 fully saturated rings. The number of aliphatic imine (C=N–C) groups is 1. The molecule has 0 bridgehead atoms. The number of hydrogen-bond donors (Lipinski definition) is 4. The van der Waals surface area contributed by atoms with Gasteiger partial charge in [0.2, 0.25) is 12.7 Å². The molecule has 1 aliphatic carbocycles. The third-order valence-electron chi connectivity index (χ3n) is 5.76. The number of ether oxygens (including phenoxy) is 2. The Bertz CT molecular complexity index is 1000. The number of nitrogens with zero attached hydrogens (tertiary/aromatic N) is 1. The molecule has 2 heterocycles. The Hall–Kier alpha value is -2.75. The van der Waals surface area contributed by atoms with Crippen LogP contribution in [0, 0.1) is 5.92 Å². The predicted octanol–water partition coefficient (Wildman–Crippen LogP) is 1.73. The number of thioether (sulfide) groups is 1. The summed E-state index contributed by atoms with van der Waals surface area (Å²) in [7, 11) is 0. The van der Waals surface area contributed by atoms with Crippen LogP contribution in [0.15, 0.2) is 53.5 Å². The number of carbonyl (C=O) groups is 1. The highest BCUT2D eigenvalue weighted by Crippen LogP contribution is 2.42. The maximum Gasteiger partial charge on any atom is 0.231 e. The molecule has 0 aromatic heterocycles. The summed E-state index contributed by atoms with van der Waals surface area (Å²) < 4.78 is 10.7. The Balaban J connectivity index is 1.28. The van der Waals surface area contributed by atoms with E-state index < -0.39 is 24.2 Å². The zero-order valence-electron chi connectivity index (χ0n) is 16.6. The number of hydrogen-bond acceptors (Lipinski definition) is 8. The Morgan fingerprint density at radius 2 is 1.94 bits per heavy atom. The van der Waals surface area contributed by atoms with Crippen LogP contribution in [0.5, 0.6) is 11.5 Å². The molecule has 5 rings (SSSR count). The number of anilines is 1. The standard InChI is InChI=1S/C22H23N3O5S/c26-15-9-14(21(28)23-10-12-4-2-1-3-5-12)20-18(19(15)27)25-22(31-20)24-13-6-7-16-17(8-13)30-11-29-16/h1-8,14-15,18-20,26-27H,9-11H2,(H,23,28)(H,24,25)/t14-,15+,18-,19-,20+/m0/s1. The summed E-state index contributed by atoms with van der Waals surface area (Å²) in [4.78, 5) is 17.5. The van der Waals surface area contributed by atoms with Gasteiger partial charge in [0.15, 0.2) is 16.7 Å². The lowest BCUT2D eigenvalue weighted by atomic mass is 9.81. The molecule has 5 atom stereocenters. The molecule has 0 unspecified atom stereocenters. The molecule has 162 valence electrons. The van der Waals surface area contributed by atoms with Crippen molar-refractivity contribution in [1.82, 2.24) is 5.32 Å². The van der Waals surface area contributed by atoms with Crippen LogP contribution in [0.4, 0.5) is 5.69 Å². The number of nitrogens with one attached hydrogen (secondary N) is 2. The molecule has 8 nitrogen and oxygen atoms in total. The average Bonchev–Trinajstić information content (AvgIpc) is 3.42. The van der Waals surface area contributed by atoms with E-state index in [0.29, 0.717) is 23.2 Å². The molecule has 0 spiro atoms. The summed E-state index contributed by atoms with van der Waals surface area (Å²) in [5, 5.41) is 27.4. The lowest BCUT2D eigenvalue weighted by Gasteiger charge is -2.37. The van der Waals surface area contributed by atoms with Crippen LogP contribution in [0.3, 0.4) is 0 Å². The second-order valence-electron chi connectivity index (χ2n) is 7.80. The highest BCUT2D eigenvalue weighted by Gasteiger charge is 2.50. The van der Waals surface area contributed by atoms with Crippen LogP contribution in [0.1, 0.15) is 12.0 Å². The van der Waals surface area contributed by atoms with E-state index in [9.17, 15) is 15.0 Å². The molecule has 2 aromatic carbocycles. The van der Waals surface area contributed by atoms with Crippen LogP contribution in [-0.4, -0.2) is 51.6 Å². The quantitative estimate of drug-likeness (QED) is 0.572. The van der Waals surface area contributed by atoms with Crippen molar-refractivity contribution in [2.24, 2.45) is 10.9 Å². The van der Waals surface area contributed by atoms with Crippen molar-refractivity contribution in [1.29, 1.82) is 0 Å². The number of amidine groups is 1. The minimum absolute atomic E-state index is 0.142. The fourth-order valence-corrected chi connectivity index (χ4v) is 5.50. The molecular weight excluding hydrogens is 418 g/mol. The van der Waals surface area contributed by atoms with E-state index in [4.69, 9.17) is 9.47 Å². The Kier molecular flexibility index (Phi) is 5.47. The van der Waals surface area contributed by atoms with Gasteiger partial charge in [-0.05, 0) is 24.1 Å². The first-order valence-corrected chi connectivity index (χ1v) is 11.1. The van der Waals surface area contributed by atoms with Crippen molar-refractivity contribution in [2.45, 2.75) is 36.5 Å². The van der Waals surface area contributed by atoms with Crippen molar-refractivity contribution >= 4 is 28.5 Å². The highest BCUT2D eigenvalue weighted by atomic mass is 32.2. The molecule has 9 heteroatoms. The molecule has 1 amide bonds. The predicted molar refractivity (Wildman–Crippen MR) is 117 cm³/mol. The minimum Gasteiger partial charge on any atom is -0.454 e. The van der Waals surface area contributed by atoms with E-state index in [1.165, 1.54) is 11.8 Å². The van der Waals surface area contributed by atoms with Gasteiger partial charge in [-0.15, -0.1) is 0 Å². The fraction of sp³-hybridized carbons (Fsp3) is 0.364. The zero-order chi connectivity index (χ0) is 21.4. The smallest absolute Gasteiger partial charge is 0.231 e. The molecule has 4 N–H and O–H groups in total. The molecule has 1 saturated carbocycles.